The Morgan fingerprint density at radius 3 is 2.52 bits per heavy atom. The molecule has 1 atom stereocenters. The van der Waals surface area contributed by atoms with Crippen LogP contribution in [0.1, 0.15) is 28.5 Å². The molecule has 162 valence electrons. The number of hydrogen-bond acceptors (Lipinski definition) is 5. The number of halogens is 3. The molecule has 2 heterocycles. The molecule has 0 saturated carbocycles. The van der Waals surface area contributed by atoms with Gasteiger partial charge in [-0.3, -0.25) is 9.78 Å². The van der Waals surface area contributed by atoms with E-state index >= 15 is 0 Å². The van der Waals surface area contributed by atoms with Gasteiger partial charge in [0.15, 0.2) is 0 Å². The predicted molar refractivity (Wildman–Crippen MR) is 108 cm³/mol. The van der Waals surface area contributed by atoms with Crippen molar-refractivity contribution >= 4 is 5.91 Å². The summed E-state index contributed by atoms with van der Waals surface area (Å²) in [4.78, 5) is 21.1. The Balaban J connectivity index is 1.98. The average Bonchev–Trinajstić information content (AvgIpc) is 2.73. The van der Waals surface area contributed by atoms with Crippen molar-refractivity contribution in [2.75, 3.05) is 6.61 Å². The first-order chi connectivity index (χ1) is 14.7. The lowest BCUT2D eigenvalue weighted by atomic mass is 10.1. The number of alkyl halides is 3. The molecule has 3 rings (SSSR count). The van der Waals surface area contributed by atoms with Crippen LogP contribution in [-0.4, -0.2) is 33.6 Å². The molecule has 1 amide bonds. The lowest BCUT2D eigenvalue weighted by molar-refractivity contribution is -0.137. The lowest BCUT2D eigenvalue weighted by Crippen LogP contribution is -2.35. The number of pyridine rings is 2. The quantitative estimate of drug-likeness (QED) is 0.605. The van der Waals surface area contributed by atoms with Crippen LogP contribution in [-0.2, 0) is 6.18 Å². The molecule has 9 heteroatoms. The first-order valence-corrected chi connectivity index (χ1v) is 9.38. The number of carbonyl (C=O) groups is 1. The number of amides is 1. The van der Waals surface area contributed by atoms with Crippen molar-refractivity contribution in [2.24, 2.45) is 0 Å². The summed E-state index contributed by atoms with van der Waals surface area (Å²) in [6, 6.07) is 10.6. The van der Waals surface area contributed by atoms with Crippen molar-refractivity contribution in [3.8, 4) is 22.9 Å². The van der Waals surface area contributed by atoms with Crippen LogP contribution >= 0.6 is 0 Å². The number of hydrogen-bond donors (Lipinski definition) is 2. The van der Waals surface area contributed by atoms with Crippen LogP contribution in [0.15, 0.2) is 54.7 Å². The molecule has 31 heavy (non-hydrogen) atoms. The number of aliphatic hydroxyl groups excluding tert-OH is 1. The van der Waals surface area contributed by atoms with Crippen LogP contribution < -0.4 is 10.1 Å². The van der Waals surface area contributed by atoms with Gasteiger partial charge in [0.05, 0.1) is 29.0 Å². The fourth-order valence-corrected chi connectivity index (χ4v) is 2.71. The van der Waals surface area contributed by atoms with Gasteiger partial charge in [0.1, 0.15) is 5.75 Å². The maximum atomic E-state index is 12.8. The van der Waals surface area contributed by atoms with Gasteiger partial charge in [0.2, 0.25) is 5.88 Å². The molecule has 0 aliphatic carbocycles. The molecule has 1 aromatic carbocycles. The molecule has 0 bridgehead atoms. The third-order valence-corrected chi connectivity index (χ3v) is 4.33. The predicted octanol–water partition coefficient (Wildman–Crippen LogP) is 4.37. The number of aliphatic hydroxyl groups is 1. The number of nitrogens with zero attached hydrogens (tertiary/aromatic N) is 2. The van der Waals surface area contributed by atoms with Crippen molar-refractivity contribution in [3.05, 3.63) is 71.5 Å². The fourth-order valence-electron chi connectivity index (χ4n) is 2.71. The molecule has 2 aromatic heterocycles. The third kappa shape index (κ3) is 5.58. The van der Waals surface area contributed by atoms with E-state index in [9.17, 15) is 18.0 Å². The number of rotatable bonds is 6. The Kier molecular flexibility index (Phi) is 6.55. The van der Waals surface area contributed by atoms with Gasteiger partial charge in [-0.1, -0.05) is 6.07 Å². The number of nitrogens with one attached hydrogen (secondary N) is 1. The lowest BCUT2D eigenvalue weighted by Gasteiger charge is -2.14. The first-order valence-electron chi connectivity index (χ1n) is 9.38. The monoisotopic (exact) mass is 431 g/mol. The maximum Gasteiger partial charge on any atom is 0.416 e. The second-order valence-electron chi connectivity index (χ2n) is 6.92. The third-order valence-electron chi connectivity index (χ3n) is 4.33. The highest BCUT2D eigenvalue weighted by Gasteiger charge is 2.30. The van der Waals surface area contributed by atoms with Crippen LogP contribution in [0.5, 0.6) is 11.6 Å². The van der Waals surface area contributed by atoms with E-state index in [0.29, 0.717) is 11.3 Å². The Morgan fingerprint density at radius 2 is 1.90 bits per heavy atom. The van der Waals surface area contributed by atoms with Crippen molar-refractivity contribution in [1.82, 2.24) is 15.3 Å². The van der Waals surface area contributed by atoms with Gasteiger partial charge in [0.25, 0.3) is 5.91 Å². The second kappa shape index (κ2) is 9.13. The normalized spacial score (nSPS) is 12.3. The summed E-state index contributed by atoms with van der Waals surface area (Å²) in [5, 5.41) is 11.8. The smallest absolute Gasteiger partial charge is 0.416 e. The molecular weight excluding hydrogens is 411 g/mol. The highest BCUT2D eigenvalue weighted by Crippen LogP contribution is 2.34. The Hall–Kier alpha value is -3.46. The van der Waals surface area contributed by atoms with Crippen LogP contribution in [0.25, 0.3) is 11.3 Å². The van der Waals surface area contributed by atoms with Crippen LogP contribution in [0.3, 0.4) is 0 Å². The van der Waals surface area contributed by atoms with Gasteiger partial charge in [-0.05, 0) is 56.3 Å². The zero-order valence-electron chi connectivity index (χ0n) is 16.8. The number of benzene rings is 1. The van der Waals surface area contributed by atoms with Gasteiger partial charge in [-0.15, -0.1) is 0 Å². The molecule has 3 aromatic rings. The van der Waals surface area contributed by atoms with Crippen LogP contribution in [0, 0.1) is 6.92 Å². The summed E-state index contributed by atoms with van der Waals surface area (Å²) in [6.07, 6.45) is -3.16. The van der Waals surface area contributed by atoms with E-state index in [0.717, 1.165) is 17.8 Å². The molecule has 0 unspecified atom stereocenters. The Morgan fingerprint density at radius 1 is 1.19 bits per heavy atom. The van der Waals surface area contributed by atoms with Crippen molar-refractivity contribution in [3.63, 3.8) is 0 Å². The van der Waals surface area contributed by atoms with E-state index in [1.165, 1.54) is 24.4 Å². The van der Waals surface area contributed by atoms with Gasteiger partial charge in [0, 0.05) is 17.9 Å². The molecule has 6 nitrogen and oxygen atoms in total. The molecule has 0 spiro atoms. The van der Waals surface area contributed by atoms with Crippen molar-refractivity contribution < 1.29 is 27.8 Å². The van der Waals surface area contributed by atoms with Gasteiger partial charge < -0.3 is 15.2 Å². The standard InChI is InChI=1S/C22H20F3N3O3/c1-13-4-3-5-19(27-13)18-10-15(20(30)28-14(2)12-29)11-26-21(18)31-17-8-6-16(7-9-17)22(23,24)25/h3-11,14,29H,12H2,1-2H3,(H,28,30)/t14-/m1/s1. The number of aromatic nitrogens is 2. The number of aryl methyl sites for hydroxylation is 1. The fraction of sp³-hybridized carbons (Fsp3) is 0.227. The minimum atomic E-state index is -4.45. The van der Waals surface area contributed by atoms with E-state index in [-0.39, 0.29) is 23.8 Å². The highest BCUT2D eigenvalue weighted by molar-refractivity contribution is 5.95. The van der Waals surface area contributed by atoms with E-state index in [1.54, 1.807) is 32.0 Å². The molecule has 0 aliphatic rings. The Bertz CT molecular complexity index is 1070. The maximum absolute atomic E-state index is 12.8. The SMILES string of the molecule is Cc1cccc(-c2cc(C(=O)N[C@H](C)CO)cnc2Oc2ccc(C(F)(F)F)cc2)n1. The summed E-state index contributed by atoms with van der Waals surface area (Å²) >= 11 is 0. The molecule has 2 N–H and O–H groups in total. The van der Waals surface area contributed by atoms with Gasteiger partial charge in [-0.2, -0.15) is 13.2 Å². The van der Waals surface area contributed by atoms with Gasteiger partial charge >= 0.3 is 6.18 Å². The van der Waals surface area contributed by atoms with Crippen LogP contribution in [0.2, 0.25) is 0 Å². The number of ether oxygens (including phenoxy) is 1. The molecule has 0 aliphatic heterocycles. The molecular formula is C22H20F3N3O3. The van der Waals surface area contributed by atoms with E-state index in [2.05, 4.69) is 15.3 Å². The summed E-state index contributed by atoms with van der Waals surface area (Å²) < 4.78 is 44.1. The summed E-state index contributed by atoms with van der Waals surface area (Å²) in [6.45, 7) is 3.23. The first kappa shape index (κ1) is 22.2. The minimum absolute atomic E-state index is 0.0876. The molecule has 0 fully saturated rings. The van der Waals surface area contributed by atoms with Crippen molar-refractivity contribution in [2.45, 2.75) is 26.1 Å². The van der Waals surface area contributed by atoms with Crippen molar-refractivity contribution in [1.29, 1.82) is 0 Å². The highest BCUT2D eigenvalue weighted by atomic mass is 19.4. The van der Waals surface area contributed by atoms with E-state index in [1.807, 2.05) is 0 Å². The Labute approximate surface area is 176 Å². The summed E-state index contributed by atoms with van der Waals surface area (Å²) in [5.74, 6) is -0.200. The zero-order chi connectivity index (χ0) is 22.6. The van der Waals surface area contributed by atoms with E-state index in [4.69, 9.17) is 9.84 Å². The largest absolute Gasteiger partial charge is 0.438 e. The summed E-state index contributed by atoms with van der Waals surface area (Å²) in [5.41, 5.74) is 1.03. The molecule has 0 radical (unpaired) electrons. The number of carbonyl (C=O) groups excluding carboxylic acids is 1. The zero-order valence-corrected chi connectivity index (χ0v) is 16.8. The summed E-state index contributed by atoms with van der Waals surface area (Å²) in [7, 11) is 0. The van der Waals surface area contributed by atoms with Crippen LogP contribution in [0.4, 0.5) is 13.2 Å². The minimum Gasteiger partial charge on any atom is -0.438 e. The van der Waals surface area contributed by atoms with Gasteiger partial charge in [-0.25, -0.2) is 4.98 Å². The average molecular weight is 431 g/mol. The molecule has 0 saturated heterocycles. The second-order valence-corrected chi connectivity index (χ2v) is 6.92. The topological polar surface area (TPSA) is 84.3 Å². The van der Waals surface area contributed by atoms with E-state index < -0.39 is 23.7 Å².